The number of hydrogen-bond donors (Lipinski definition) is 2. The number of anilines is 1. The number of benzene rings is 1. The summed E-state index contributed by atoms with van der Waals surface area (Å²) in [6.07, 6.45) is 2.99. The third-order valence-corrected chi connectivity index (χ3v) is 2.31. The van der Waals surface area contributed by atoms with Crippen molar-refractivity contribution in [1.29, 1.82) is 0 Å². The minimum Gasteiger partial charge on any atom is -0.480 e. The highest BCUT2D eigenvalue weighted by atomic mass is 16.4. The van der Waals surface area contributed by atoms with Gasteiger partial charge >= 0.3 is 5.97 Å². The zero-order valence-corrected chi connectivity index (χ0v) is 9.24. The molecule has 6 heteroatoms. The number of carbonyl (C=O) groups is 1. The van der Waals surface area contributed by atoms with Crippen molar-refractivity contribution in [2.45, 2.75) is 13.0 Å². The quantitative estimate of drug-likeness (QED) is 0.826. The summed E-state index contributed by atoms with van der Waals surface area (Å²) < 4.78 is 1.58. The largest absolute Gasteiger partial charge is 0.480 e. The first-order valence-electron chi connectivity index (χ1n) is 5.12. The van der Waals surface area contributed by atoms with E-state index in [2.05, 4.69) is 15.4 Å². The van der Waals surface area contributed by atoms with Gasteiger partial charge in [-0.15, -0.1) is 0 Å². The Hall–Kier alpha value is -2.37. The van der Waals surface area contributed by atoms with Crippen LogP contribution in [0.2, 0.25) is 0 Å². The van der Waals surface area contributed by atoms with E-state index in [4.69, 9.17) is 5.11 Å². The fraction of sp³-hybridized carbons (Fsp3) is 0.182. The molecule has 2 aromatic rings. The van der Waals surface area contributed by atoms with Gasteiger partial charge in [-0.2, -0.15) is 5.10 Å². The van der Waals surface area contributed by atoms with E-state index >= 15 is 0 Å². The Bertz CT molecular complexity index is 510. The van der Waals surface area contributed by atoms with E-state index in [1.54, 1.807) is 24.0 Å². The van der Waals surface area contributed by atoms with Crippen molar-refractivity contribution in [3.05, 3.63) is 36.9 Å². The third kappa shape index (κ3) is 2.41. The minimum atomic E-state index is -0.904. The average Bonchev–Trinajstić information content (AvgIpc) is 2.83. The highest BCUT2D eigenvalue weighted by Gasteiger charge is 2.12. The molecule has 0 saturated heterocycles. The third-order valence-electron chi connectivity index (χ3n) is 2.31. The topological polar surface area (TPSA) is 80.0 Å². The summed E-state index contributed by atoms with van der Waals surface area (Å²) in [6.45, 7) is 1.58. The first-order valence-corrected chi connectivity index (χ1v) is 5.12. The maximum atomic E-state index is 10.8. The fourth-order valence-electron chi connectivity index (χ4n) is 1.42. The second-order valence-corrected chi connectivity index (χ2v) is 3.56. The lowest BCUT2D eigenvalue weighted by atomic mass is 10.2. The molecule has 0 fully saturated rings. The molecule has 0 amide bonds. The monoisotopic (exact) mass is 232 g/mol. The van der Waals surface area contributed by atoms with Gasteiger partial charge in [0.15, 0.2) is 0 Å². The number of nitrogens with one attached hydrogen (secondary N) is 1. The normalized spacial score (nSPS) is 12.1. The summed E-state index contributed by atoms with van der Waals surface area (Å²) in [5.74, 6) is -0.904. The highest BCUT2D eigenvalue weighted by Crippen LogP contribution is 2.19. The highest BCUT2D eigenvalue weighted by molar-refractivity contribution is 5.78. The van der Waals surface area contributed by atoms with Crippen LogP contribution in [-0.2, 0) is 4.79 Å². The number of carboxylic acid groups (broad SMARTS) is 1. The van der Waals surface area contributed by atoms with Crippen molar-refractivity contribution in [3.8, 4) is 5.69 Å². The summed E-state index contributed by atoms with van der Waals surface area (Å²) in [7, 11) is 0. The van der Waals surface area contributed by atoms with Crippen LogP contribution in [0.4, 0.5) is 5.69 Å². The van der Waals surface area contributed by atoms with Crippen LogP contribution in [0.1, 0.15) is 6.92 Å². The summed E-state index contributed by atoms with van der Waals surface area (Å²) in [5.41, 5.74) is 1.46. The van der Waals surface area contributed by atoms with Crippen molar-refractivity contribution < 1.29 is 9.90 Å². The van der Waals surface area contributed by atoms with Crippen LogP contribution in [0.5, 0.6) is 0 Å². The van der Waals surface area contributed by atoms with Crippen LogP contribution < -0.4 is 5.32 Å². The molecule has 0 saturated carbocycles. The molecule has 0 aliphatic rings. The number of nitrogens with zero attached hydrogens (tertiary/aromatic N) is 3. The van der Waals surface area contributed by atoms with Gasteiger partial charge in [0.25, 0.3) is 0 Å². The molecule has 1 unspecified atom stereocenters. The number of aromatic nitrogens is 3. The predicted molar refractivity (Wildman–Crippen MR) is 62.1 cm³/mol. The van der Waals surface area contributed by atoms with Gasteiger partial charge in [-0.1, -0.05) is 12.1 Å². The summed E-state index contributed by atoms with van der Waals surface area (Å²) in [4.78, 5) is 14.7. The molecular formula is C11H12N4O2. The summed E-state index contributed by atoms with van der Waals surface area (Å²) in [5, 5.41) is 15.8. The van der Waals surface area contributed by atoms with Gasteiger partial charge in [-0.3, -0.25) is 4.79 Å². The molecule has 0 spiro atoms. The molecule has 1 heterocycles. The number of hydrogen-bond acceptors (Lipinski definition) is 4. The molecule has 1 atom stereocenters. The Labute approximate surface area is 97.9 Å². The molecule has 1 aromatic carbocycles. The van der Waals surface area contributed by atoms with Crippen molar-refractivity contribution in [2.75, 3.05) is 5.32 Å². The van der Waals surface area contributed by atoms with E-state index in [1.165, 1.54) is 6.33 Å². The number of para-hydroxylation sites is 2. The molecule has 1 aromatic heterocycles. The molecule has 17 heavy (non-hydrogen) atoms. The van der Waals surface area contributed by atoms with Gasteiger partial charge < -0.3 is 10.4 Å². The van der Waals surface area contributed by atoms with Gasteiger partial charge in [0.05, 0.1) is 11.4 Å². The second kappa shape index (κ2) is 4.65. The Morgan fingerprint density at radius 3 is 2.88 bits per heavy atom. The smallest absolute Gasteiger partial charge is 0.325 e. The second-order valence-electron chi connectivity index (χ2n) is 3.56. The Balaban J connectivity index is 2.32. The standard InChI is InChI=1S/C11H12N4O2/c1-8(11(16)17)14-9-4-2-3-5-10(9)15-7-12-6-13-15/h2-8,14H,1H3,(H,16,17). The van der Waals surface area contributed by atoms with Gasteiger partial charge in [0.2, 0.25) is 0 Å². The Kier molecular flexibility index (Phi) is 3.04. The van der Waals surface area contributed by atoms with E-state index in [-0.39, 0.29) is 0 Å². The predicted octanol–water partition coefficient (Wildman–Crippen LogP) is 1.15. The molecule has 2 rings (SSSR count). The van der Waals surface area contributed by atoms with E-state index in [0.717, 1.165) is 5.69 Å². The Morgan fingerprint density at radius 1 is 1.47 bits per heavy atom. The maximum Gasteiger partial charge on any atom is 0.325 e. The van der Waals surface area contributed by atoms with Crippen molar-refractivity contribution >= 4 is 11.7 Å². The van der Waals surface area contributed by atoms with Gasteiger partial charge in [-0.05, 0) is 19.1 Å². The van der Waals surface area contributed by atoms with Crippen LogP contribution >= 0.6 is 0 Å². The zero-order valence-electron chi connectivity index (χ0n) is 9.24. The summed E-state index contributed by atoms with van der Waals surface area (Å²) >= 11 is 0. The van der Waals surface area contributed by atoms with Gasteiger partial charge in [-0.25, -0.2) is 9.67 Å². The number of rotatable bonds is 4. The first-order chi connectivity index (χ1) is 8.18. The maximum absolute atomic E-state index is 10.8. The SMILES string of the molecule is CC(Nc1ccccc1-n1cncn1)C(=O)O. The van der Waals surface area contributed by atoms with E-state index in [0.29, 0.717) is 5.69 Å². The van der Waals surface area contributed by atoms with Crippen molar-refractivity contribution in [3.63, 3.8) is 0 Å². The minimum absolute atomic E-state index is 0.667. The molecule has 0 aliphatic heterocycles. The molecule has 2 N–H and O–H groups in total. The lowest BCUT2D eigenvalue weighted by Gasteiger charge is -2.14. The van der Waals surface area contributed by atoms with Gasteiger partial charge in [0.1, 0.15) is 18.7 Å². The fourth-order valence-corrected chi connectivity index (χ4v) is 1.42. The lowest BCUT2D eigenvalue weighted by Crippen LogP contribution is -2.26. The van der Waals surface area contributed by atoms with Crippen LogP contribution in [0.3, 0.4) is 0 Å². The molecule has 0 radical (unpaired) electrons. The summed E-state index contributed by atoms with van der Waals surface area (Å²) in [6, 6.07) is 6.66. The van der Waals surface area contributed by atoms with E-state index in [1.807, 2.05) is 18.2 Å². The van der Waals surface area contributed by atoms with E-state index < -0.39 is 12.0 Å². The molecule has 88 valence electrons. The molecule has 0 aliphatic carbocycles. The first kappa shape index (κ1) is 11.1. The van der Waals surface area contributed by atoms with Crippen molar-refractivity contribution in [1.82, 2.24) is 14.8 Å². The van der Waals surface area contributed by atoms with E-state index in [9.17, 15) is 4.79 Å². The average molecular weight is 232 g/mol. The van der Waals surface area contributed by atoms with Crippen LogP contribution in [-0.4, -0.2) is 31.9 Å². The number of carboxylic acids is 1. The molecule has 0 bridgehead atoms. The zero-order chi connectivity index (χ0) is 12.3. The Morgan fingerprint density at radius 2 is 2.24 bits per heavy atom. The van der Waals surface area contributed by atoms with Gasteiger partial charge in [0, 0.05) is 0 Å². The van der Waals surface area contributed by atoms with Crippen LogP contribution in [0.15, 0.2) is 36.9 Å². The number of aliphatic carboxylic acids is 1. The molecular weight excluding hydrogens is 220 g/mol. The van der Waals surface area contributed by atoms with Crippen LogP contribution in [0, 0.1) is 0 Å². The van der Waals surface area contributed by atoms with Crippen molar-refractivity contribution in [2.24, 2.45) is 0 Å². The lowest BCUT2D eigenvalue weighted by molar-refractivity contribution is -0.137. The molecule has 6 nitrogen and oxygen atoms in total. The van der Waals surface area contributed by atoms with Crippen LogP contribution in [0.25, 0.3) is 5.69 Å².